The molecule has 0 aliphatic rings. The molecule has 1 amide bonds. The van der Waals surface area contributed by atoms with Crippen LogP contribution < -0.4 is 16.0 Å². The Morgan fingerprint density at radius 2 is 1.81 bits per heavy atom. The van der Waals surface area contributed by atoms with E-state index in [0.29, 0.717) is 18.2 Å². The van der Waals surface area contributed by atoms with Gasteiger partial charge < -0.3 is 16.0 Å². The monoisotopic (exact) mass is 356 g/mol. The topological polar surface area (TPSA) is 65.5 Å². The molecular weight excluding hydrogens is 331 g/mol. The third-order valence-corrected chi connectivity index (χ3v) is 3.74. The molecule has 2 aromatic carbocycles. The number of aliphatic imine (C=N–C) groups is 1. The zero-order valence-electron chi connectivity index (χ0n) is 15.4. The van der Waals surface area contributed by atoms with E-state index in [4.69, 9.17) is 0 Å². The molecule has 138 valence electrons. The Morgan fingerprint density at radius 1 is 1.08 bits per heavy atom. The van der Waals surface area contributed by atoms with E-state index < -0.39 is 0 Å². The number of halogens is 1. The van der Waals surface area contributed by atoms with E-state index >= 15 is 0 Å². The molecule has 0 heterocycles. The summed E-state index contributed by atoms with van der Waals surface area (Å²) in [6.07, 6.45) is 0.860. The van der Waals surface area contributed by atoms with Gasteiger partial charge in [-0.3, -0.25) is 9.79 Å². The first-order valence-electron chi connectivity index (χ1n) is 8.53. The Labute approximate surface area is 153 Å². The maximum Gasteiger partial charge on any atom is 0.243 e. The van der Waals surface area contributed by atoms with E-state index in [1.54, 1.807) is 19.2 Å². The minimum absolute atomic E-state index is 0.0414. The normalized spacial score (nSPS) is 11.2. The molecule has 0 aromatic heterocycles. The SMILES string of the molecule is CN=C(NCCc1cc(C)cc(C)c1)NCC(=O)Nc1cccc(F)c1. The first kappa shape index (κ1) is 19.4. The van der Waals surface area contributed by atoms with Crippen molar-refractivity contribution < 1.29 is 9.18 Å². The van der Waals surface area contributed by atoms with E-state index in [0.717, 1.165) is 6.42 Å². The molecule has 5 nitrogen and oxygen atoms in total. The van der Waals surface area contributed by atoms with Gasteiger partial charge in [0.15, 0.2) is 5.96 Å². The van der Waals surface area contributed by atoms with Gasteiger partial charge in [0.1, 0.15) is 5.82 Å². The van der Waals surface area contributed by atoms with Crippen LogP contribution in [0.5, 0.6) is 0 Å². The zero-order valence-corrected chi connectivity index (χ0v) is 15.4. The van der Waals surface area contributed by atoms with Gasteiger partial charge in [-0.1, -0.05) is 35.4 Å². The van der Waals surface area contributed by atoms with Crippen LogP contribution in [-0.4, -0.2) is 32.0 Å². The molecule has 0 saturated carbocycles. The summed E-state index contributed by atoms with van der Waals surface area (Å²) in [5.74, 6) is -0.115. The molecule has 0 atom stereocenters. The molecule has 0 saturated heterocycles. The lowest BCUT2D eigenvalue weighted by atomic mass is 10.1. The summed E-state index contributed by atoms with van der Waals surface area (Å²) in [5, 5.41) is 8.76. The highest BCUT2D eigenvalue weighted by atomic mass is 19.1. The molecule has 3 N–H and O–H groups in total. The van der Waals surface area contributed by atoms with Crippen molar-refractivity contribution in [1.29, 1.82) is 0 Å². The quantitative estimate of drug-likeness (QED) is 0.551. The molecule has 0 radical (unpaired) electrons. The fourth-order valence-electron chi connectivity index (χ4n) is 2.69. The van der Waals surface area contributed by atoms with E-state index in [2.05, 4.69) is 53.0 Å². The van der Waals surface area contributed by atoms with Gasteiger partial charge in [-0.05, 0) is 44.0 Å². The largest absolute Gasteiger partial charge is 0.356 e. The van der Waals surface area contributed by atoms with Crippen molar-refractivity contribution >= 4 is 17.6 Å². The summed E-state index contributed by atoms with van der Waals surface area (Å²) < 4.78 is 13.1. The van der Waals surface area contributed by atoms with Crippen LogP contribution in [0.15, 0.2) is 47.5 Å². The van der Waals surface area contributed by atoms with Crippen molar-refractivity contribution in [3.8, 4) is 0 Å². The Hall–Kier alpha value is -2.89. The van der Waals surface area contributed by atoms with Crippen LogP contribution >= 0.6 is 0 Å². The van der Waals surface area contributed by atoms with Crippen molar-refractivity contribution in [2.24, 2.45) is 4.99 Å². The molecule has 2 rings (SSSR count). The number of anilines is 1. The number of benzene rings is 2. The Kier molecular flexibility index (Phi) is 7.14. The van der Waals surface area contributed by atoms with Gasteiger partial charge in [0.25, 0.3) is 0 Å². The van der Waals surface area contributed by atoms with Crippen LogP contribution in [0.25, 0.3) is 0 Å². The summed E-state index contributed by atoms with van der Waals surface area (Å²) in [6.45, 7) is 4.91. The molecule has 2 aromatic rings. The molecule has 0 spiro atoms. The molecule has 0 fully saturated rings. The minimum atomic E-state index is -0.389. The van der Waals surface area contributed by atoms with Crippen molar-refractivity contribution in [2.45, 2.75) is 20.3 Å². The fourth-order valence-corrected chi connectivity index (χ4v) is 2.69. The molecule has 26 heavy (non-hydrogen) atoms. The third kappa shape index (κ3) is 6.55. The summed E-state index contributed by atoms with van der Waals surface area (Å²) in [5.41, 5.74) is 4.18. The van der Waals surface area contributed by atoms with Gasteiger partial charge in [0.05, 0.1) is 6.54 Å². The van der Waals surface area contributed by atoms with Gasteiger partial charge in [0.2, 0.25) is 5.91 Å². The fraction of sp³-hybridized carbons (Fsp3) is 0.300. The lowest BCUT2D eigenvalue weighted by molar-refractivity contribution is -0.115. The molecular formula is C20H25FN4O. The Bertz CT molecular complexity index is 769. The van der Waals surface area contributed by atoms with Crippen LogP contribution in [0.3, 0.4) is 0 Å². The number of carbonyl (C=O) groups is 1. The first-order valence-corrected chi connectivity index (χ1v) is 8.53. The Morgan fingerprint density at radius 3 is 2.46 bits per heavy atom. The highest BCUT2D eigenvalue weighted by Gasteiger charge is 2.05. The van der Waals surface area contributed by atoms with Crippen LogP contribution in [0.4, 0.5) is 10.1 Å². The van der Waals surface area contributed by atoms with Gasteiger partial charge in [-0.25, -0.2) is 4.39 Å². The maximum absolute atomic E-state index is 13.1. The average Bonchev–Trinajstić information content (AvgIpc) is 2.57. The van der Waals surface area contributed by atoms with E-state index in [-0.39, 0.29) is 18.3 Å². The summed E-state index contributed by atoms with van der Waals surface area (Å²) in [4.78, 5) is 16.0. The summed E-state index contributed by atoms with van der Waals surface area (Å²) in [6, 6.07) is 12.3. The van der Waals surface area contributed by atoms with Crippen molar-refractivity contribution in [2.75, 3.05) is 25.5 Å². The lowest BCUT2D eigenvalue weighted by Crippen LogP contribution is -2.42. The predicted octanol–water partition coefficient (Wildman–Crippen LogP) is 2.79. The highest BCUT2D eigenvalue weighted by Crippen LogP contribution is 2.09. The number of rotatable bonds is 6. The molecule has 0 aliphatic carbocycles. The smallest absolute Gasteiger partial charge is 0.243 e. The second-order valence-electron chi connectivity index (χ2n) is 6.16. The highest BCUT2D eigenvalue weighted by molar-refractivity contribution is 5.94. The van der Waals surface area contributed by atoms with Gasteiger partial charge in [0, 0.05) is 19.3 Å². The Balaban J connectivity index is 1.76. The first-order chi connectivity index (χ1) is 12.5. The van der Waals surface area contributed by atoms with Gasteiger partial charge in [-0.15, -0.1) is 0 Å². The lowest BCUT2D eigenvalue weighted by Gasteiger charge is -2.12. The molecule has 0 aliphatic heterocycles. The summed E-state index contributed by atoms with van der Waals surface area (Å²) in [7, 11) is 1.65. The van der Waals surface area contributed by atoms with Crippen LogP contribution in [0, 0.1) is 19.7 Å². The van der Waals surface area contributed by atoms with Crippen molar-refractivity contribution in [3.63, 3.8) is 0 Å². The number of guanidine groups is 1. The number of aryl methyl sites for hydroxylation is 2. The van der Waals surface area contributed by atoms with Crippen molar-refractivity contribution in [1.82, 2.24) is 10.6 Å². The predicted molar refractivity (Wildman–Crippen MR) is 104 cm³/mol. The third-order valence-electron chi connectivity index (χ3n) is 3.74. The average molecular weight is 356 g/mol. The molecule has 6 heteroatoms. The number of hydrogen-bond acceptors (Lipinski definition) is 2. The van der Waals surface area contributed by atoms with Crippen LogP contribution in [0.1, 0.15) is 16.7 Å². The second kappa shape index (κ2) is 9.56. The second-order valence-corrected chi connectivity index (χ2v) is 6.16. The zero-order chi connectivity index (χ0) is 18.9. The van der Waals surface area contributed by atoms with Gasteiger partial charge >= 0.3 is 0 Å². The minimum Gasteiger partial charge on any atom is -0.356 e. The summed E-state index contributed by atoms with van der Waals surface area (Å²) >= 11 is 0. The van der Waals surface area contributed by atoms with Gasteiger partial charge in [-0.2, -0.15) is 0 Å². The number of amides is 1. The van der Waals surface area contributed by atoms with E-state index in [1.807, 2.05) is 0 Å². The molecule has 0 bridgehead atoms. The van der Waals surface area contributed by atoms with E-state index in [9.17, 15) is 9.18 Å². The number of carbonyl (C=O) groups excluding carboxylic acids is 1. The van der Waals surface area contributed by atoms with Crippen LogP contribution in [-0.2, 0) is 11.2 Å². The standard InChI is InChI=1S/C20H25FN4O/c1-14-9-15(2)11-16(10-14)7-8-23-20(22-3)24-13-19(26)25-18-6-4-5-17(21)12-18/h4-6,9-12H,7-8,13H2,1-3H3,(H,25,26)(H2,22,23,24). The number of nitrogens with one attached hydrogen (secondary N) is 3. The number of nitrogens with zero attached hydrogens (tertiary/aromatic N) is 1. The maximum atomic E-state index is 13.1. The van der Waals surface area contributed by atoms with Crippen molar-refractivity contribution in [3.05, 3.63) is 65.0 Å². The van der Waals surface area contributed by atoms with Crippen LogP contribution in [0.2, 0.25) is 0 Å². The van der Waals surface area contributed by atoms with E-state index in [1.165, 1.54) is 28.8 Å². The molecule has 0 unspecified atom stereocenters. The number of hydrogen-bond donors (Lipinski definition) is 3.